The van der Waals surface area contributed by atoms with Gasteiger partial charge in [0, 0.05) is 12.6 Å². The van der Waals surface area contributed by atoms with E-state index in [1.54, 1.807) is 11.3 Å². The number of nitrogens with zero attached hydrogens (tertiary/aromatic N) is 1. The highest BCUT2D eigenvalue weighted by molar-refractivity contribution is 7.19. The first-order valence-electron chi connectivity index (χ1n) is 5.83. The van der Waals surface area contributed by atoms with Crippen LogP contribution in [0.3, 0.4) is 0 Å². The Morgan fingerprint density at radius 1 is 1.22 bits per heavy atom. The van der Waals surface area contributed by atoms with Gasteiger partial charge in [0.25, 0.3) is 0 Å². The van der Waals surface area contributed by atoms with Crippen LogP contribution in [-0.2, 0) is 0 Å². The van der Waals surface area contributed by atoms with Crippen LogP contribution in [0.4, 0.5) is 5.00 Å². The number of hydrogen-bond donors (Lipinski definition) is 1. The molecular weight excluding hydrogens is 248 g/mol. The summed E-state index contributed by atoms with van der Waals surface area (Å²) in [5, 5.41) is 5.24. The van der Waals surface area contributed by atoms with Crippen LogP contribution < -0.4 is 14.8 Å². The standard InChI is InChI=1S/C13H14N2O2S/c1-8-12(14-2)18-13(15-8)9-3-4-10-11(7-9)17-6-5-16-10/h3-4,7,14H,5-6H2,1-2H3. The third-order valence-electron chi connectivity index (χ3n) is 2.81. The minimum absolute atomic E-state index is 0.606. The third kappa shape index (κ3) is 1.90. The number of thiazole rings is 1. The minimum atomic E-state index is 0.606. The monoisotopic (exact) mass is 262 g/mol. The molecule has 0 radical (unpaired) electrons. The van der Waals surface area contributed by atoms with Crippen molar-refractivity contribution in [3.05, 3.63) is 23.9 Å². The van der Waals surface area contributed by atoms with Gasteiger partial charge in [-0.1, -0.05) is 11.3 Å². The quantitative estimate of drug-likeness (QED) is 0.903. The molecule has 2 heterocycles. The van der Waals surface area contributed by atoms with E-state index in [2.05, 4.69) is 10.3 Å². The molecule has 0 aliphatic carbocycles. The Bertz CT molecular complexity index is 580. The first kappa shape index (κ1) is 11.3. The minimum Gasteiger partial charge on any atom is -0.486 e. The Morgan fingerprint density at radius 3 is 2.72 bits per heavy atom. The number of fused-ring (bicyclic) bond motifs is 1. The first-order valence-corrected chi connectivity index (χ1v) is 6.65. The predicted molar refractivity (Wildman–Crippen MR) is 72.8 cm³/mol. The number of ether oxygens (including phenoxy) is 2. The molecule has 94 valence electrons. The SMILES string of the molecule is CNc1sc(-c2ccc3c(c2)OCCO3)nc1C. The van der Waals surface area contributed by atoms with E-state index in [9.17, 15) is 0 Å². The first-order chi connectivity index (χ1) is 8.78. The Hall–Kier alpha value is -1.75. The maximum absolute atomic E-state index is 5.59. The molecule has 0 saturated heterocycles. The Kier molecular flexibility index (Phi) is 2.83. The van der Waals surface area contributed by atoms with Gasteiger partial charge in [0.2, 0.25) is 0 Å². The van der Waals surface area contributed by atoms with Crippen molar-refractivity contribution in [1.82, 2.24) is 4.98 Å². The lowest BCUT2D eigenvalue weighted by Gasteiger charge is -2.18. The van der Waals surface area contributed by atoms with Crippen LogP contribution in [0.25, 0.3) is 10.6 Å². The van der Waals surface area contributed by atoms with E-state index in [0.717, 1.165) is 32.8 Å². The zero-order valence-corrected chi connectivity index (χ0v) is 11.1. The average molecular weight is 262 g/mol. The summed E-state index contributed by atoms with van der Waals surface area (Å²) in [7, 11) is 1.91. The second kappa shape index (κ2) is 4.49. The van der Waals surface area contributed by atoms with Crippen molar-refractivity contribution in [2.45, 2.75) is 6.92 Å². The number of anilines is 1. The Morgan fingerprint density at radius 2 is 2.00 bits per heavy atom. The van der Waals surface area contributed by atoms with Crippen molar-refractivity contribution >= 4 is 16.3 Å². The highest BCUT2D eigenvalue weighted by atomic mass is 32.1. The fourth-order valence-electron chi connectivity index (χ4n) is 1.93. The van der Waals surface area contributed by atoms with E-state index in [4.69, 9.17) is 9.47 Å². The van der Waals surface area contributed by atoms with Gasteiger partial charge in [-0.25, -0.2) is 4.98 Å². The summed E-state index contributed by atoms with van der Waals surface area (Å²) < 4.78 is 11.1. The van der Waals surface area contributed by atoms with Gasteiger partial charge in [-0.15, -0.1) is 0 Å². The number of rotatable bonds is 2. The predicted octanol–water partition coefficient (Wildman–Crippen LogP) is 2.93. The van der Waals surface area contributed by atoms with Gasteiger partial charge < -0.3 is 14.8 Å². The van der Waals surface area contributed by atoms with E-state index >= 15 is 0 Å². The molecule has 0 saturated carbocycles. The summed E-state index contributed by atoms with van der Waals surface area (Å²) in [5.74, 6) is 1.62. The van der Waals surface area contributed by atoms with E-state index < -0.39 is 0 Å². The number of aromatic nitrogens is 1. The molecule has 0 atom stereocenters. The summed E-state index contributed by atoms with van der Waals surface area (Å²) in [4.78, 5) is 4.56. The molecule has 1 N–H and O–H groups in total. The van der Waals surface area contributed by atoms with Gasteiger partial charge in [0.1, 0.15) is 23.2 Å². The summed E-state index contributed by atoms with van der Waals surface area (Å²) in [6, 6.07) is 5.96. The summed E-state index contributed by atoms with van der Waals surface area (Å²) in [6.45, 7) is 3.23. The molecule has 1 aromatic heterocycles. The molecule has 4 nitrogen and oxygen atoms in total. The molecule has 5 heteroatoms. The zero-order chi connectivity index (χ0) is 12.5. The molecular formula is C13H14N2O2S. The molecule has 0 bridgehead atoms. The second-order valence-corrected chi connectivity index (χ2v) is 5.04. The van der Waals surface area contributed by atoms with Crippen LogP contribution in [0, 0.1) is 6.92 Å². The highest BCUT2D eigenvalue weighted by Gasteiger charge is 2.14. The number of nitrogens with one attached hydrogen (secondary N) is 1. The molecule has 3 rings (SSSR count). The van der Waals surface area contributed by atoms with Gasteiger partial charge >= 0.3 is 0 Å². The van der Waals surface area contributed by atoms with Gasteiger partial charge in [0.05, 0.1) is 5.69 Å². The van der Waals surface area contributed by atoms with Gasteiger partial charge in [-0.05, 0) is 25.1 Å². The molecule has 0 unspecified atom stereocenters. The fraction of sp³-hybridized carbons (Fsp3) is 0.308. The molecule has 0 spiro atoms. The molecule has 2 aromatic rings. The summed E-state index contributed by atoms with van der Waals surface area (Å²) in [5.41, 5.74) is 2.08. The Balaban J connectivity index is 2.00. The second-order valence-electron chi connectivity index (χ2n) is 4.04. The molecule has 0 fully saturated rings. The molecule has 0 amide bonds. The van der Waals surface area contributed by atoms with Crippen LogP contribution in [0.2, 0.25) is 0 Å². The fourth-order valence-corrected chi connectivity index (χ4v) is 2.84. The van der Waals surface area contributed by atoms with Crippen molar-refractivity contribution in [2.75, 3.05) is 25.6 Å². The van der Waals surface area contributed by atoms with Crippen LogP contribution in [0.5, 0.6) is 11.5 Å². The highest BCUT2D eigenvalue weighted by Crippen LogP contribution is 2.37. The lowest BCUT2D eigenvalue weighted by Crippen LogP contribution is -2.15. The maximum Gasteiger partial charge on any atom is 0.162 e. The lowest BCUT2D eigenvalue weighted by atomic mass is 10.2. The summed E-state index contributed by atoms with van der Waals surface area (Å²) >= 11 is 1.64. The average Bonchev–Trinajstić information content (AvgIpc) is 2.79. The smallest absolute Gasteiger partial charge is 0.162 e. The Labute approximate surface area is 110 Å². The van der Waals surface area contributed by atoms with Crippen LogP contribution >= 0.6 is 11.3 Å². The molecule has 1 aliphatic rings. The van der Waals surface area contributed by atoms with Crippen LogP contribution in [-0.4, -0.2) is 25.2 Å². The summed E-state index contributed by atoms with van der Waals surface area (Å²) in [6.07, 6.45) is 0. The molecule has 1 aromatic carbocycles. The number of benzene rings is 1. The van der Waals surface area contributed by atoms with Gasteiger partial charge in [-0.3, -0.25) is 0 Å². The maximum atomic E-state index is 5.59. The third-order valence-corrected chi connectivity index (χ3v) is 4.04. The van der Waals surface area contributed by atoms with Crippen molar-refractivity contribution in [2.24, 2.45) is 0 Å². The van der Waals surface area contributed by atoms with Crippen LogP contribution in [0.15, 0.2) is 18.2 Å². The molecule has 18 heavy (non-hydrogen) atoms. The lowest BCUT2D eigenvalue weighted by molar-refractivity contribution is 0.171. The van der Waals surface area contributed by atoms with E-state index in [-0.39, 0.29) is 0 Å². The van der Waals surface area contributed by atoms with Crippen LogP contribution in [0.1, 0.15) is 5.69 Å². The molecule has 1 aliphatic heterocycles. The van der Waals surface area contributed by atoms with Crippen molar-refractivity contribution in [3.63, 3.8) is 0 Å². The van der Waals surface area contributed by atoms with Crippen molar-refractivity contribution in [1.29, 1.82) is 0 Å². The van der Waals surface area contributed by atoms with Gasteiger partial charge in [-0.2, -0.15) is 0 Å². The van der Waals surface area contributed by atoms with E-state index in [1.807, 2.05) is 32.2 Å². The largest absolute Gasteiger partial charge is 0.486 e. The normalized spacial score (nSPS) is 13.4. The van der Waals surface area contributed by atoms with E-state index in [1.165, 1.54) is 0 Å². The zero-order valence-electron chi connectivity index (χ0n) is 10.3. The van der Waals surface area contributed by atoms with E-state index in [0.29, 0.717) is 13.2 Å². The number of hydrogen-bond acceptors (Lipinski definition) is 5. The van der Waals surface area contributed by atoms with Crippen molar-refractivity contribution < 1.29 is 9.47 Å². The van der Waals surface area contributed by atoms with Crippen molar-refractivity contribution in [3.8, 4) is 22.1 Å². The topological polar surface area (TPSA) is 43.4 Å². The van der Waals surface area contributed by atoms with Gasteiger partial charge in [0.15, 0.2) is 11.5 Å². The number of aryl methyl sites for hydroxylation is 1.